The van der Waals surface area contributed by atoms with Crippen LogP contribution in [0.25, 0.3) is 5.76 Å². The zero-order chi connectivity index (χ0) is 24.4. The SMILES string of the molecule is Cc1cc(/C(O)=C2/C(=O)C(=O)N(Cc3ccncc3)C2c2ccc(Cl)cc2)ccc1OC(C)C. The first-order valence-corrected chi connectivity index (χ1v) is 11.3. The van der Waals surface area contributed by atoms with Gasteiger partial charge in [-0.05, 0) is 79.9 Å². The number of ether oxygens (including phenoxy) is 1. The number of aromatic nitrogens is 1. The maximum absolute atomic E-state index is 13.2. The van der Waals surface area contributed by atoms with Gasteiger partial charge < -0.3 is 14.7 Å². The Bertz CT molecular complexity index is 1250. The van der Waals surface area contributed by atoms with E-state index in [2.05, 4.69) is 4.98 Å². The van der Waals surface area contributed by atoms with Crippen LogP contribution in [0.3, 0.4) is 0 Å². The van der Waals surface area contributed by atoms with Crippen LogP contribution in [0.1, 0.15) is 42.1 Å². The number of nitrogens with zero attached hydrogens (tertiary/aromatic N) is 2. The molecule has 1 fully saturated rings. The van der Waals surface area contributed by atoms with E-state index in [0.717, 1.165) is 11.1 Å². The highest BCUT2D eigenvalue weighted by Crippen LogP contribution is 2.41. The molecule has 1 N–H and O–H groups in total. The number of ketones is 1. The van der Waals surface area contributed by atoms with E-state index >= 15 is 0 Å². The highest BCUT2D eigenvalue weighted by molar-refractivity contribution is 6.46. The Hall–Kier alpha value is -3.64. The molecular weight excluding hydrogens is 452 g/mol. The van der Waals surface area contributed by atoms with Gasteiger partial charge in [0.25, 0.3) is 11.7 Å². The topological polar surface area (TPSA) is 79.7 Å². The molecule has 1 aliphatic heterocycles. The first-order chi connectivity index (χ1) is 16.3. The van der Waals surface area contributed by atoms with E-state index in [4.69, 9.17) is 16.3 Å². The van der Waals surface area contributed by atoms with Gasteiger partial charge in [0, 0.05) is 29.5 Å². The number of hydrogen-bond acceptors (Lipinski definition) is 5. The molecule has 1 saturated heterocycles. The molecule has 6 nitrogen and oxygen atoms in total. The van der Waals surface area contributed by atoms with Crippen LogP contribution in [-0.4, -0.2) is 32.8 Å². The molecule has 0 aliphatic carbocycles. The van der Waals surface area contributed by atoms with Gasteiger partial charge in [-0.3, -0.25) is 14.6 Å². The molecule has 0 radical (unpaired) electrons. The smallest absolute Gasteiger partial charge is 0.295 e. The van der Waals surface area contributed by atoms with E-state index in [1.54, 1.807) is 67.0 Å². The van der Waals surface area contributed by atoms with Crippen LogP contribution >= 0.6 is 11.6 Å². The van der Waals surface area contributed by atoms with Gasteiger partial charge in [-0.1, -0.05) is 23.7 Å². The van der Waals surface area contributed by atoms with Crippen molar-refractivity contribution in [3.63, 3.8) is 0 Å². The average Bonchev–Trinajstić information content (AvgIpc) is 3.06. The van der Waals surface area contributed by atoms with Crippen LogP contribution in [0.15, 0.2) is 72.6 Å². The Kier molecular flexibility index (Phi) is 6.70. The maximum atomic E-state index is 13.2. The number of carbonyl (C=O) groups excluding carboxylic acids is 2. The van der Waals surface area contributed by atoms with Gasteiger partial charge >= 0.3 is 0 Å². The number of aliphatic hydroxyl groups is 1. The summed E-state index contributed by atoms with van der Waals surface area (Å²) >= 11 is 6.08. The molecule has 3 aromatic rings. The van der Waals surface area contributed by atoms with Crippen LogP contribution in [0.5, 0.6) is 5.75 Å². The predicted octanol–water partition coefficient (Wildman–Crippen LogP) is 5.45. The number of amides is 1. The van der Waals surface area contributed by atoms with Gasteiger partial charge in [-0.2, -0.15) is 0 Å². The lowest BCUT2D eigenvalue weighted by Gasteiger charge is -2.25. The molecule has 1 atom stereocenters. The van der Waals surface area contributed by atoms with Crippen LogP contribution in [0, 0.1) is 6.92 Å². The van der Waals surface area contributed by atoms with Gasteiger partial charge in [0.1, 0.15) is 11.5 Å². The summed E-state index contributed by atoms with van der Waals surface area (Å²) < 4.78 is 5.78. The first-order valence-electron chi connectivity index (χ1n) is 11.0. The summed E-state index contributed by atoms with van der Waals surface area (Å²) in [5.74, 6) is -0.935. The van der Waals surface area contributed by atoms with Crippen molar-refractivity contribution in [1.82, 2.24) is 9.88 Å². The second-order valence-corrected chi connectivity index (χ2v) is 8.92. The molecule has 0 spiro atoms. The zero-order valence-corrected chi connectivity index (χ0v) is 19.9. The highest BCUT2D eigenvalue weighted by Gasteiger charge is 2.46. The number of benzene rings is 2. The van der Waals surface area contributed by atoms with Gasteiger partial charge in [0.05, 0.1) is 17.7 Å². The minimum atomic E-state index is -0.766. The number of pyridine rings is 1. The Balaban J connectivity index is 1.82. The fraction of sp³-hybridized carbons (Fsp3) is 0.222. The first kappa shape index (κ1) is 23.5. The molecular formula is C27H25ClN2O4. The van der Waals surface area contributed by atoms with Crippen LogP contribution < -0.4 is 4.74 Å². The average molecular weight is 477 g/mol. The summed E-state index contributed by atoms with van der Waals surface area (Å²) in [5, 5.41) is 11.8. The van der Waals surface area contributed by atoms with E-state index in [0.29, 0.717) is 21.9 Å². The standard InChI is InChI=1S/C27H25ClN2O4/c1-16(2)34-22-9-6-20(14-17(22)3)25(31)23-24(19-4-7-21(28)8-5-19)30(27(33)26(23)32)15-18-10-12-29-13-11-18/h4-14,16,24,31H,15H2,1-3H3/b25-23-. The Morgan fingerprint density at radius 3 is 2.38 bits per heavy atom. The van der Waals surface area contributed by atoms with Gasteiger partial charge in [-0.15, -0.1) is 0 Å². The predicted molar refractivity (Wildman–Crippen MR) is 130 cm³/mol. The molecule has 4 rings (SSSR count). The third kappa shape index (κ3) is 4.68. The van der Waals surface area contributed by atoms with Crippen LogP contribution in [0.2, 0.25) is 5.02 Å². The lowest BCUT2D eigenvalue weighted by atomic mass is 9.94. The third-order valence-electron chi connectivity index (χ3n) is 5.64. The minimum Gasteiger partial charge on any atom is -0.507 e. The summed E-state index contributed by atoms with van der Waals surface area (Å²) in [6.45, 7) is 5.93. The summed E-state index contributed by atoms with van der Waals surface area (Å²) in [4.78, 5) is 31.8. The zero-order valence-electron chi connectivity index (χ0n) is 19.2. The van der Waals surface area contributed by atoms with Crippen molar-refractivity contribution in [3.05, 3.63) is 99.8 Å². The van der Waals surface area contributed by atoms with Gasteiger partial charge in [0.2, 0.25) is 0 Å². The molecule has 0 saturated carbocycles. The largest absolute Gasteiger partial charge is 0.507 e. The number of aliphatic hydroxyl groups excluding tert-OH is 1. The normalized spacial score (nSPS) is 17.4. The van der Waals surface area contributed by atoms with Crippen molar-refractivity contribution >= 4 is 29.1 Å². The number of carbonyl (C=O) groups is 2. The van der Waals surface area contributed by atoms with E-state index in [1.165, 1.54) is 4.90 Å². The number of halogens is 1. The van der Waals surface area contributed by atoms with E-state index in [9.17, 15) is 14.7 Å². The summed E-state index contributed by atoms with van der Waals surface area (Å²) in [7, 11) is 0. The van der Waals surface area contributed by atoms with Crippen molar-refractivity contribution in [2.45, 2.75) is 39.5 Å². The van der Waals surface area contributed by atoms with E-state index in [-0.39, 0.29) is 24.0 Å². The number of Topliss-reactive ketones (excluding diaryl/α,β-unsaturated/α-hetero) is 1. The van der Waals surface area contributed by atoms with Crippen LogP contribution in [-0.2, 0) is 16.1 Å². The number of likely N-dealkylation sites (tertiary alicyclic amines) is 1. The monoisotopic (exact) mass is 476 g/mol. The molecule has 1 aliphatic rings. The Morgan fingerprint density at radius 1 is 1.09 bits per heavy atom. The number of aryl methyl sites for hydroxylation is 1. The van der Waals surface area contributed by atoms with Crippen molar-refractivity contribution in [1.29, 1.82) is 0 Å². The minimum absolute atomic E-state index is 0.00145. The van der Waals surface area contributed by atoms with Gasteiger partial charge in [0.15, 0.2) is 0 Å². The molecule has 2 heterocycles. The summed E-state index contributed by atoms with van der Waals surface area (Å²) in [6.07, 6.45) is 3.26. The fourth-order valence-electron chi connectivity index (χ4n) is 4.06. The lowest BCUT2D eigenvalue weighted by Crippen LogP contribution is -2.29. The van der Waals surface area contributed by atoms with Crippen molar-refractivity contribution < 1.29 is 19.4 Å². The molecule has 0 bridgehead atoms. The molecule has 174 valence electrons. The molecule has 1 aromatic heterocycles. The molecule has 1 unspecified atom stereocenters. The summed E-state index contributed by atoms with van der Waals surface area (Å²) in [5.41, 5.74) is 2.79. The highest BCUT2D eigenvalue weighted by atomic mass is 35.5. The number of rotatable bonds is 6. The lowest BCUT2D eigenvalue weighted by molar-refractivity contribution is -0.140. The third-order valence-corrected chi connectivity index (χ3v) is 5.89. The second kappa shape index (κ2) is 9.69. The summed E-state index contributed by atoms with van der Waals surface area (Å²) in [6, 6.07) is 14.9. The van der Waals surface area contributed by atoms with E-state index in [1.807, 2.05) is 20.8 Å². The van der Waals surface area contributed by atoms with Crippen molar-refractivity contribution in [2.75, 3.05) is 0 Å². The Labute approximate surface area is 203 Å². The molecule has 34 heavy (non-hydrogen) atoms. The molecule has 2 aromatic carbocycles. The van der Waals surface area contributed by atoms with E-state index < -0.39 is 17.7 Å². The quantitative estimate of drug-likeness (QED) is 0.290. The molecule has 1 amide bonds. The Morgan fingerprint density at radius 2 is 1.76 bits per heavy atom. The van der Waals surface area contributed by atoms with Crippen LogP contribution in [0.4, 0.5) is 0 Å². The van der Waals surface area contributed by atoms with Crippen molar-refractivity contribution in [3.8, 4) is 5.75 Å². The molecule has 7 heteroatoms. The van der Waals surface area contributed by atoms with Gasteiger partial charge in [-0.25, -0.2) is 0 Å². The number of hydrogen-bond donors (Lipinski definition) is 1. The fourth-order valence-corrected chi connectivity index (χ4v) is 4.18. The van der Waals surface area contributed by atoms with Crippen molar-refractivity contribution in [2.24, 2.45) is 0 Å². The maximum Gasteiger partial charge on any atom is 0.295 e. The second-order valence-electron chi connectivity index (χ2n) is 8.48.